The van der Waals surface area contributed by atoms with Gasteiger partial charge in [-0.2, -0.15) is 4.98 Å². The number of aromatic nitrogens is 2. The molecule has 178 valence electrons. The van der Waals surface area contributed by atoms with E-state index in [4.69, 9.17) is 14.0 Å². The summed E-state index contributed by atoms with van der Waals surface area (Å²) in [5.74, 6) is 2.58. The normalized spacial score (nSPS) is 15.4. The van der Waals surface area contributed by atoms with Crippen LogP contribution in [0.1, 0.15) is 36.3 Å². The zero-order chi connectivity index (χ0) is 24.0. The predicted octanol–water partition coefficient (Wildman–Crippen LogP) is 5.23. The molecule has 1 unspecified atom stereocenters. The molecule has 35 heavy (non-hydrogen) atoms. The Morgan fingerprint density at radius 1 is 0.914 bits per heavy atom. The van der Waals surface area contributed by atoms with E-state index in [-0.39, 0.29) is 11.8 Å². The number of amides is 1. The summed E-state index contributed by atoms with van der Waals surface area (Å²) in [6.07, 6.45) is 0.366. The topological polar surface area (TPSA) is 77.7 Å². The number of carbonyl (C=O) groups excluding carboxylic acids is 1. The fourth-order valence-corrected chi connectivity index (χ4v) is 4.13. The van der Waals surface area contributed by atoms with Crippen LogP contribution in [0.25, 0.3) is 11.4 Å². The first-order chi connectivity index (χ1) is 17.2. The van der Waals surface area contributed by atoms with Crippen LogP contribution < -0.4 is 9.47 Å². The van der Waals surface area contributed by atoms with E-state index < -0.39 is 0 Å². The second-order valence-corrected chi connectivity index (χ2v) is 8.51. The maximum absolute atomic E-state index is 12.6. The molecule has 1 saturated heterocycles. The molecule has 0 saturated carbocycles. The van der Waals surface area contributed by atoms with Crippen molar-refractivity contribution in [3.8, 4) is 22.9 Å². The lowest BCUT2D eigenvalue weighted by Gasteiger charge is -2.16. The average Bonchev–Trinajstić information content (AvgIpc) is 3.52. The average molecular weight is 470 g/mol. The van der Waals surface area contributed by atoms with Crippen LogP contribution in [0.2, 0.25) is 0 Å². The van der Waals surface area contributed by atoms with E-state index in [1.807, 2.05) is 90.7 Å². The van der Waals surface area contributed by atoms with Crippen LogP contribution in [0.4, 0.5) is 0 Å². The summed E-state index contributed by atoms with van der Waals surface area (Å²) >= 11 is 0. The van der Waals surface area contributed by atoms with Crippen molar-refractivity contribution >= 4 is 5.91 Å². The molecule has 2 heterocycles. The standard InChI is InChI=1S/C28H27N3O4/c1-2-33-24-12-8-20(9-13-24)17-31-18-23(16-26(31)32)28-29-27(30-35-28)22-10-14-25(15-11-22)34-19-21-6-4-3-5-7-21/h3-15,23H,2,16-19H2,1H3. The highest BCUT2D eigenvalue weighted by Crippen LogP contribution is 2.30. The zero-order valence-corrected chi connectivity index (χ0v) is 19.6. The van der Waals surface area contributed by atoms with Gasteiger partial charge in [0.25, 0.3) is 0 Å². The Labute approximate surface area is 204 Å². The Kier molecular flexibility index (Phi) is 6.75. The van der Waals surface area contributed by atoms with Crippen LogP contribution in [0.15, 0.2) is 83.4 Å². The highest BCUT2D eigenvalue weighted by Gasteiger charge is 2.34. The summed E-state index contributed by atoms with van der Waals surface area (Å²) in [6, 6.07) is 25.5. The quantitative estimate of drug-likeness (QED) is 0.334. The van der Waals surface area contributed by atoms with Crippen molar-refractivity contribution in [3.63, 3.8) is 0 Å². The largest absolute Gasteiger partial charge is 0.494 e. The van der Waals surface area contributed by atoms with Gasteiger partial charge in [-0.1, -0.05) is 47.6 Å². The van der Waals surface area contributed by atoms with Gasteiger partial charge in [-0.25, -0.2) is 0 Å². The van der Waals surface area contributed by atoms with Crippen LogP contribution in [0, 0.1) is 0 Å². The van der Waals surface area contributed by atoms with Crippen LogP contribution >= 0.6 is 0 Å². The molecule has 7 nitrogen and oxygen atoms in total. The zero-order valence-electron chi connectivity index (χ0n) is 19.6. The second kappa shape index (κ2) is 10.4. The SMILES string of the molecule is CCOc1ccc(CN2CC(c3nc(-c4ccc(OCc5ccccc5)cc4)no3)CC2=O)cc1. The van der Waals surface area contributed by atoms with Gasteiger partial charge >= 0.3 is 0 Å². The summed E-state index contributed by atoms with van der Waals surface area (Å²) in [6.45, 7) is 4.20. The number of hydrogen-bond acceptors (Lipinski definition) is 6. The molecule has 1 fully saturated rings. The number of rotatable bonds is 9. The molecule has 0 spiro atoms. The minimum absolute atomic E-state index is 0.0866. The van der Waals surface area contributed by atoms with Crippen molar-refractivity contribution in [2.75, 3.05) is 13.2 Å². The van der Waals surface area contributed by atoms with E-state index in [1.165, 1.54) is 0 Å². The molecule has 7 heteroatoms. The molecule has 0 aliphatic carbocycles. The molecule has 1 aromatic heterocycles. The molecule has 0 N–H and O–H groups in total. The molecule has 3 aromatic carbocycles. The van der Waals surface area contributed by atoms with E-state index >= 15 is 0 Å². The molecular weight excluding hydrogens is 442 g/mol. The third kappa shape index (κ3) is 5.51. The first-order valence-electron chi connectivity index (χ1n) is 11.8. The smallest absolute Gasteiger partial charge is 0.232 e. The minimum atomic E-state index is -0.111. The molecule has 5 rings (SSSR count). The molecular formula is C28H27N3O4. The first kappa shape index (κ1) is 22.7. The third-order valence-corrected chi connectivity index (χ3v) is 5.97. The number of likely N-dealkylation sites (tertiary alicyclic amines) is 1. The molecule has 0 radical (unpaired) electrons. The Morgan fingerprint density at radius 3 is 2.37 bits per heavy atom. The van der Waals surface area contributed by atoms with E-state index in [9.17, 15) is 4.79 Å². The Bertz CT molecular complexity index is 1250. The van der Waals surface area contributed by atoms with Crippen molar-refractivity contribution in [2.45, 2.75) is 32.4 Å². The fourth-order valence-electron chi connectivity index (χ4n) is 4.13. The Balaban J connectivity index is 1.19. The lowest BCUT2D eigenvalue weighted by molar-refractivity contribution is -0.128. The summed E-state index contributed by atoms with van der Waals surface area (Å²) in [5.41, 5.74) is 3.01. The summed E-state index contributed by atoms with van der Waals surface area (Å²) in [4.78, 5) is 19.0. The van der Waals surface area contributed by atoms with E-state index in [0.717, 1.165) is 28.2 Å². The fraction of sp³-hybridized carbons (Fsp3) is 0.250. The molecule has 1 aliphatic rings. The van der Waals surface area contributed by atoms with Gasteiger partial charge in [0.05, 0.1) is 12.5 Å². The van der Waals surface area contributed by atoms with Crippen molar-refractivity contribution in [2.24, 2.45) is 0 Å². The lowest BCUT2D eigenvalue weighted by atomic mass is 10.1. The van der Waals surface area contributed by atoms with Crippen molar-refractivity contribution < 1.29 is 18.8 Å². The van der Waals surface area contributed by atoms with Crippen molar-refractivity contribution in [1.82, 2.24) is 15.0 Å². The summed E-state index contributed by atoms with van der Waals surface area (Å²) in [5, 5.41) is 4.14. The number of nitrogens with zero attached hydrogens (tertiary/aromatic N) is 3. The maximum atomic E-state index is 12.6. The number of benzene rings is 3. The van der Waals surface area contributed by atoms with Gasteiger partial charge < -0.3 is 18.9 Å². The van der Waals surface area contributed by atoms with Crippen molar-refractivity contribution in [1.29, 1.82) is 0 Å². The van der Waals surface area contributed by atoms with Crippen LogP contribution in [0.3, 0.4) is 0 Å². The van der Waals surface area contributed by atoms with Crippen LogP contribution in [0.5, 0.6) is 11.5 Å². The van der Waals surface area contributed by atoms with Gasteiger partial charge in [0, 0.05) is 25.1 Å². The molecule has 1 atom stereocenters. The third-order valence-electron chi connectivity index (χ3n) is 5.97. The number of hydrogen-bond donors (Lipinski definition) is 0. The number of ether oxygens (including phenoxy) is 2. The molecule has 0 bridgehead atoms. The van der Waals surface area contributed by atoms with Crippen LogP contribution in [-0.4, -0.2) is 34.1 Å². The lowest BCUT2D eigenvalue weighted by Crippen LogP contribution is -2.24. The van der Waals surface area contributed by atoms with Gasteiger partial charge in [-0.15, -0.1) is 0 Å². The second-order valence-electron chi connectivity index (χ2n) is 8.51. The Hall–Kier alpha value is -4.13. The van der Waals surface area contributed by atoms with E-state index in [1.54, 1.807) is 0 Å². The first-order valence-corrected chi connectivity index (χ1v) is 11.8. The maximum Gasteiger partial charge on any atom is 0.232 e. The van der Waals surface area contributed by atoms with Gasteiger partial charge in [0.1, 0.15) is 18.1 Å². The summed E-state index contributed by atoms with van der Waals surface area (Å²) < 4.78 is 16.9. The highest BCUT2D eigenvalue weighted by atomic mass is 16.5. The predicted molar refractivity (Wildman–Crippen MR) is 131 cm³/mol. The van der Waals surface area contributed by atoms with Gasteiger partial charge in [0.15, 0.2) is 0 Å². The van der Waals surface area contributed by atoms with Crippen molar-refractivity contribution in [3.05, 3.63) is 95.9 Å². The number of carbonyl (C=O) groups is 1. The molecule has 1 aliphatic heterocycles. The van der Waals surface area contributed by atoms with Gasteiger partial charge in [-0.05, 0) is 54.4 Å². The Morgan fingerprint density at radius 2 is 1.63 bits per heavy atom. The van der Waals surface area contributed by atoms with E-state index in [0.29, 0.717) is 44.4 Å². The molecule has 1 amide bonds. The van der Waals surface area contributed by atoms with Gasteiger partial charge in [-0.3, -0.25) is 4.79 Å². The monoisotopic (exact) mass is 469 g/mol. The van der Waals surface area contributed by atoms with Gasteiger partial charge in [0.2, 0.25) is 17.6 Å². The van der Waals surface area contributed by atoms with Crippen LogP contribution in [-0.2, 0) is 17.9 Å². The highest BCUT2D eigenvalue weighted by molar-refractivity contribution is 5.79. The minimum Gasteiger partial charge on any atom is -0.494 e. The summed E-state index contributed by atoms with van der Waals surface area (Å²) in [7, 11) is 0. The van der Waals surface area contributed by atoms with E-state index in [2.05, 4.69) is 10.1 Å². The molecule has 4 aromatic rings.